The monoisotopic (exact) mass is 372 g/mol. The van der Waals surface area contributed by atoms with Crippen molar-refractivity contribution in [3.63, 3.8) is 0 Å². The zero-order chi connectivity index (χ0) is 15.6. The molecule has 0 saturated carbocycles. The first-order valence-electron chi connectivity index (χ1n) is 6.59. The quantitative estimate of drug-likeness (QED) is 0.876. The van der Waals surface area contributed by atoms with Gasteiger partial charge < -0.3 is 4.98 Å². The SMILES string of the molecule is CC(C)Cc1nc(Cc2c(F)cccc2Cl)[nH]c(=O)c1Br. The zero-order valence-corrected chi connectivity index (χ0v) is 14.1. The van der Waals surface area contributed by atoms with Crippen molar-refractivity contribution in [1.29, 1.82) is 0 Å². The van der Waals surface area contributed by atoms with Crippen LogP contribution in [0.4, 0.5) is 4.39 Å². The predicted molar refractivity (Wildman–Crippen MR) is 85.3 cm³/mol. The molecule has 1 N–H and O–H groups in total. The first kappa shape index (κ1) is 16.2. The summed E-state index contributed by atoms with van der Waals surface area (Å²) in [6.45, 7) is 4.09. The number of hydrogen-bond donors (Lipinski definition) is 1. The highest BCUT2D eigenvalue weighted by Gasteiger charge is 2.14. The molecule has 0 aliphatic carbocycles. The highest BCUT2D eigenvalue weighted by Crippen LogP contribution is 2.22. The van der Waals surface area contributed by atoms with E-state index in [1.165, 1.54) is 6.07 Å². The molecular weight excluding hydrogens is 359 g/mol. The average molecular weight is 374 g/mol. The second-order valence-corrected chi connectivity index (χ2v) is 6.45. The van der Waals surface area contributed by atoms with Gasteiger partial charge in [0.2, 0.25) is 0 Å². The summed E-state index contributed by atoms with van der Waals surface area (Å²) in [5.74, 6) is 0.366. The summed E-state index contributed by atoms with van der Waals surface area (Å²) >= 11 is 9.26. The van der Waals surface area contributed by atoms with Crippen LogP contribution in [0.3, 0.4) is 0 Å². The molecule has 0 saturated heterocycles. The molecule has 3 nitrogen and oxygen atoms in total. The van der Waals surface area contributed by atoms with Gasteiger partial charge in [0.1, 0.15) is 16.1 Å². The molecule has 0 radical (unpaired) electrons. The molecule has 6 heteroatoms. The van der Waals surface area contributed by atoms with Crippen LogP contribution in [0.2, 0.25) is 5.02 Å². The van der Waals surface area contributed by atoms with Gasteiger partial charge in [0, 0.05) is 17.0 Å². The third kappa shape index (κ3) is 3.92. The summed E-state index contributed by atoms with van der Waals surface area (Å²) in [5, 5.41) is 0.325. The number of nitrogens with zero attached hydrogens (tertiary/aromatic N) is 1. The van der Waals surface area contributed by atoms with Crippen LogP contribution in [0.25, 0.3) is 0 Å². The van der Waals surface area contributed by atoms with Crippen molar-refractivity contribution in [2.45, 2.75) is 26.7 Å². The number of H-pyrrole nitrogens is 1. The van der Waals surface area contributed by atoms with Crippen LogP contribution < -0.4 is 5.56 Å². The topological polar surface area (TPSA) is 45.8 Å². The van der Waals surface area contributed by atoms with E-state index < -0.39 is 5.82 Å². The van der Waals surface area contributed by atoms with Crippen LogP contribution in [-0.4, -0.2) is 9.97 Å². The van der Waals surface area contributed by atoms with Gasteiger partial charge in [-0.1, -0.05) is 31.5 Å². The molecule has 0 atom stereocenters. The lowest BCUT2D eigenvalue weighted by Crippen LogP contribution is -2.17. The van der Waals surface area contributed by atoms with Gasteiger partial charge in [-0.2, -0.15) is 0 Å². The minimum absolute atomic E-state index is 0.152. The van der Waals surface area contributed by atoms with Gasteiger partial charge in [0.25, 0.3) is 5.56 Å². The first-order valence-corrected chi connectivity index (χ1v) is 7.76. The minimum Gasteiger partial charge on any atom is -0.309 e. The maximum Gasteiger partial charge on any atom is 0.265 e. The van der Waals surface area contributed by atoms with E-state index in [2.05, 4.69) is 25.9 Å². The van der Waals surface area contributed by atoms with Crippen molar-refractivity contribution < 1.29 is 4.39 Å². The molecule has 21 heavy (non-hydrogen) atoms. The van der Waals surface area contributed by atoms with Crippen molar-refractivity contribution >= 4 is 27.5 Å². The van der Waals surface area contributed by atoms with Crippen LogP contribution in [0, 0.1) is 11.7 Å². The molecule has 0 unspecified atom stereocenters. The number of aromatic amines is 1. The van der Waals surface area contributed by atoms with Crippen LogP contribution in [0.15, 0.2) is 27.5 Å². The number of nitrogens with one attached hydrogen (secondary N) is 1. The van der Waals surface area contributed by atoms with Crippen LogP contribution in [0.1, 0.15) is 30.9 Å². The van der Waals surface area contributed by atoms with E-state index in [0.717, 1.165) is 0 Å². The molecule has 112 valence electrons. The number of rotatable bonds is 4. The Morgan fingerprint density at radius 2 is 2.14 bits per heavy atom. The second kappa shape index (κ2) is 6.71. The number of aromatic nitrogens is 2. The van der Waals surface area contributed by atoms with E-state index >= 15 is 0 Å². The molecule has 0 aliphatic heterocycles. The molecular formula is C15H15BrClFN2O. The summed E-state index contributed by atoms with van der Waals surface area (Å²) in [7, 11) is 0. The van der Waals surface area contributed by atoms with Gasteiger partial charge in [-0.05, 0) is 40.4 Å². The summed E-state index contributed by atoms with van der Waals surface area (Å²) in [6, 6.07) is 4.50. The van der Waals surface area contributed by atoms with Gasteiger partial charge in [-0.25, -0.2) is 9.37 Å². The predicted octanol–water partition coefficient (Wildman–Crippen LogP) is 4.11. The number of halogens is 3. The van der Waals surface area contributed by atoms with Crippen LogP contribution in [0.5, 0.6) is 0 Å². The average Bonchev–Trinajstić information content (AvgIpc) is 2.39. The molecule has 1 aromatic heterocycles. The molecule has 2 rings (SSSR count). The smallest absolute Gasteiger partial charge is 0.265 e. The van der Waals surface area contributed by atoms with Crippen molar-refractivity contribution in [1.82, 2.24) is 9.97 Å². The fraction of sp³-hybridized carbons (Fsp3) is 0.333. The first-order chi connectivity index (χ1) is 9.88. The Morgan fingerprint density at radius 1 is 1.43 bits per heavy atom. The highest BCUT2D eigenvalue weighted by molar-refractivity contribution is 9.10. The maximum atomic E-state index is 13.8. The maximum absolute atomic E-state index is 13.8. The van der Waals surface area contributed by atoms with E-state index in [9.17, 15) is 9.18 Å². The largest absolute Gasteiger partial charge is 0.309 e. The lowest BCUT2D eigenvalue weighted by Gasteiger charge is -2.10. The Hall–Kier alpha value is -1.20. The Kier molecular flexibility index (Phi) is 5.17. The van der Waals surface area contributed by atoms with E-state index in [-0.39, 0.29) is 12.0 Å². The van der Waals surface area contributed by atoms with Crippen LogP contribution in [-0.2, 0) is 12.8 Å². The van der Waals surface area contributed by atoms with Crippen molar-refractivity contribution in [3.8, 4) is 0 Å². The lowest BCUT2D eigenvalue weighted by atomic mass is 10.1. The van der Waals surface area contributed by atoms with Crippen LogP contribution >= 0.6 is 27.5 Å². The van der Waals surface area contributed by atoms with Gasteiger partial charge in [0.05, 0.1) is 5.69 Å². The molecule has 0 aliphatic rings. The molecule has 1 heterocycles. The highest BCUT2D eigenvalue weighted by atomic mass is 79.9. The summed E-state index contributed by atoms with van der Waals surface area (Å²) in [4.78, 5) is 19.0. The zero-order valence-electron chi connectivity index (χ0n) is 11.7. The third-order valence-electron chi connectivity index (χ3n) is 2.99. The van der Waals surface area contributed by atoms with E-state index in [1.807, 2.05) is 13.8 Å². The second-order valence-electron chi connectivity index (χ2n) is 5.25. The molecule has 1 aromatic carbocycles. The van der Waals surface area contributed by atoms with Crippen molar-refractivity contribution in [2.75, 3.05) is 0 Å². The third-order valence-corrected chi connectivity index (χ3v) is 4.16. The van der Waals surface area contributed by atoms with E-state index in [1.54, 1.807) is 12.1 Å². The summed E-state index contributed by atoms with van der Waals surface area (Å²) < 4.78 is 14.2. The van der Waals surface area contributed by atoms with E-state index in [4.69, 9.17) is 11.6 Å². The minimum atomic E-state index is -0.404. The standard InChI is InChI=1S/C15H15BrClFN2O/c1-8(2)6-12-14(16)15(21)20-13(19-12)7-9-10(17)4-3-5-11(9)18/h3-5,8H,6-7H2,1-2H3,(H,19,20,21). The lowest BCUT2D eigenvalue weighted by molar-refractivity contribution is 0.608. The molecule has 0 bridgehead atoms. The van der Waals surface area contributed by atoms with Gasteiger partial charge in [-0.15, -0.1) is 0 Å². The van der Waals surface area contributed by atoms with Gasteiger partial charge >= 0.3 is 0 Å². The normalized spacial score (nSPS) is 11.1. The van der Waals surface area contributed by atoms with Gasteiger partial charge in [0.15, 0.2) is 0 Å². The Bertz CT molecular complexity index is 695. The van der Waals surface area contributed by atoms with Crippen molar-refractivity contribution in [2.24, 2.45) is 5.92 Å². The van der Waals surface area contributed by atoms with E-state index in [0.29, 0.717) is 38.9 Å². The van der Waals surface area contributed by atoms with Crippen molar-refractivity contribution in [3.05, 3.63) is 60.9 Å². The summed E-state index contributed by atoms with van der Waals surface area (Å²) in [6.07, 6.45) is 0.821. The Balaban J connectivity index is 2.41. The fourth-order valence-corrected chi connectivity index (χ4v) is 2.61. The molecule has 2 aromatic rings. The Morgan fingerprint density at radius 3 is 2.76 bits per heavy atom. The molecule has 0 fully saturated rings. The fourth-order valence-electron chi connectivity index (χ4n) is 2.03. The Labute approximate surface area is 135 Å². The summed E-state index contributed by atoms with van der Waals surface area (Å²) in [5.41, 5.74) is 0.749. The molecule has 0 amide bonds. The number of benzene rings is 1. The molecule has 0 spiro atoms. The van der Waals surface area contributed by atoms with Gasteiger partial charge in [-0.3, -0.25) is 4.79 Å². The number of hydrogen-bond acceptors (Lipinski definition) is 2.